The summed E-state index contributed by atoms with van der Waals surface area (Å²) >= 11 is 3.19. The van der Waals surface area contributed by atoms with Crippen molar-refractivity contribution in [2.45, 2.75) is 13.1 Å². The van der Waals surface area contributed by atoms with E-state index >= 15 is 0 Å². The van der Waals surface area contributed by atoms with Crippen LogP contribution in [0.25, 0.3) is 0 Å². The molecule has 1 aliphatic rings. The number of aliphatic imine (C=N–C) groups is 1. The summed E-state index contributed by atoms with van der Waals surface area (Å²) in [5, 5.41) is 5.01. The van der Waals surface area contributed by atoms with Gasteiger partial charge in [-0.1, -0.05) is 88.7 Å². The zero-order valence-electron chi connectivity index (χ0n) is 21.4. The third-order valence-corrected chi connectivity index (χ3v) is 6.94. The predicted molar refractivity (Wildman–Crippen MR) is 156 cm³/mol. The third kappa shape index (κ3) is 5.69. The number of carbonyl (C=O) groups excluding carboxylic acids is 3. The van der Waals surface area contributed by atoms with Crippen molar-refractivity contribution < 1.29 is 18.8 Å². The number of halogens is 2. The fourth-order valence-corrected chi connectivity index (χ4v) is 4.83. The molecule has 0 saturated heterocycles. The zero-order valence-corrected chi connectivity index (χ0v) is 23.0. The second-order valence-electron chi connectivity index (χ2n) is 9.15. The van der Waals surface area contributed by atoms with Gasteiger partial charge in [0.05, 0.1) is 23.6 Å². The molecule has 0 fully saturated rings. The Labute approximate surface area is 238 Å². The lowest BCUT2D eigenvalue weighted by atomic mass is 9.99. The fraction of sp³-hybridized carbons (Fsp3) is 0.0968. The summed E-state index contributed by atoms with van der Waals surface area (Å²) in [5.41, 5.74) is 3.52. The quantitative estimate of drug-likeness (QED) is 0.262. The monoisotopic (exact) mass is 598 g/mol. The van der Waals surface area contributed by atoms with Gasteiger partial charge in [0.2, 0.25) is 6.17 Å². The largest absolute Gasteiger partial charge is 0.321 e. The number of rotatable bonds is 6. The highest BCUT2D eigenvalue weighted by atomic mass is 79.9. The second-order valence-corrected chi connectivity index (χ2v) is 10.1. The maximum Gasteiger partial charge on any atom is 0.321 e. The molecule has 7 nitrogen and oxygen atoms in total. The highest BCUT2D eigenvalue weighted by Gasteiger charge is 2.34. The average Bonchev–Trinajstić information content (AvgIpc) is 3.06. The minimum absolute atomic E-state index is 0.0658. The third-order valence-electron chi connectivity index (χ3n) is 6.45. The highest BCUT2D eigenvalue weighted by molar-refractivity contribution is 9.10. The Kier molecular flexibility index (Phi) is 7.84. The molecule has 1 atom stereocenters. The number of hydrogen-bond donors (Lipinski definition) is 2. The number of urea groups is 1. The van der Waals surface area contributed by atoms with Gasteiger partial charge in [-0.3, -0.25) is 9.59 Å². The molecule has 9 heteroatoms. The van der Waals surface area contributed by atoms with Crippen molar-refractivity contribution in [3.63, 3.8) is 0 Å². The van der Waals surface area contributed by atoms with Crippen LogP contribution in [-0.4, -0.2) is 36.1 Å². The van der Waals surface area contributed by atoms with Crippen LogP contribution in [0.15, 0.2) is 107 Å². The molecule has 4 aromatic carbocycles. The first-order valence-electron chi connectivity index (χ1n) is 12.5. The molecule has 2 N–H and O–H groups in total. The number of carbonyl (C=O) groups is 3. The molecule has 1 heterocycles. The molecule has 1 unspecified atom stereocenters. The van der Waals surface area contributed by atoms with E-state index in [1.165, 1.54) is 17.0 Å². The summed E-state index contributed by atoms with van der Waals surface area (Å²) in [4.78, 5) is 46.4. The molecule has 40 heavy (non-hydrogen) atoms. The molecule has 0 spiro atoms. The Hall–Kier alpha value is -4.63. The molecule has 200 valence electrons. The van der Waals surface area contributed by atoms with Crippen molar-refractivity contribution in [2.24, 2.45) is 4.99 Å². The second kappa shape index (κ2) is 11.6. The molecule has 0 saturated carbocycles. The summed E-state index contributed by atoms with van der Waals surface area (Å²) in [6.45, 7) is 1.57. The van der Waals surface area contributed by atoms with Crippen molar-refractivity contribution in [3.8, 4) is 0 Å². The lowest BCUT2D eigenvalue weighted by Gasteiger charge is -2.25. The molecule has 0 radical (unpaired) electrons. The van der Waals surface area contributed by atoms with Gasteiger partial charge in [-0.25, -0.2) is 14.2 Å². The van der Waals surface area contributed by atoms with Crippen LogP contribution >= 0.6 is 15.9 Å². The number of nitrogens with one attached hydrogen (secondary N) is 2. The Morgan fingerprint density at radius 1 is 0.950 bits per heavy atom. The molecule has 4 aromatic rings. The number of amides is 3. The van der Waals surface area contributed by atoms with Gasteiger partial charge in [0.15, 0.2) is 5.78 Å². The minimum atomic E-state index is -1.40. The smallest absolute Gasteiger partial charge is 0.308 e. The van der Waals surface area contributed by atoms with E-state index in [1.807, 2.05) is 61.5 Å². The van der Waals surface area contributed by atoms with Gasteiger partial charge < -0.3 is 15.5 Å². The number of hydrogen-bond acceptors (Lipinski definition) is 4. The van der Waals surface area contributed by atoms with Crippen molar-refractivity contribution >= 4 is 50.7 Å². The number of fused-ring (bicyclic) bond motifs is 1. The van der Waals surface area contributed by atoms with E-state index in [1.54, 1.807) is 30.3 Å². The van der Waals surface area contributed by atoms with E-state index in [0.717, 1.165) is 11.1 Å². The molecular weight excluding hydrogens is 575 g/mol. The Morgan fingerprint density at radius 2 is 1.65 bits per heavy atom. The van der Waals surface area contributed by atoms with E-state index in [0.29, 0.717) is 27.0 Å². The molecule has 0 bridgehead atoms. The standard InChI is InChI=1S/C31H24BrFN4O3/c1-19-9-5-6-12-22(19)27(38)18-37-26-14-8-7-13-23(26)28(20-10-3-2-4-11-20)35-29(30(37)39)36-31(40)34-25-16-15-21(32)17-24(25)33/h2-17,29H,18H2,1H3,(H2,34,36,40). The van der Waals surface area contributed by atoms with Crippen LogP contribution < -0.4 is 15.5 Å². The predicted octanol–water partition coefficient (Wildman–Crippen LogP) is 6.11. The number of nitrogens with zero attached hydrogens (tertiary/aromatic N) is 2. The maximum absolute atomic E-state index is 14.4. The van der Waals surface area contributed by atoms with Crippen LogP contribution in [0.1, 0.15) is 27.0 Å². The Morgan fingerprint density at radius 3 is 2.40 bits per heavy atom. The molecule has 1 aliphatic heterocycles. The number of benzene rings is 4. The van der Waals surface area contributed by atoms with Gasteiger partial charge in [0.1, 0.15) is 5.82 Å². The summed E-state index contributed by atoms with van der Waals surface area (Å²) in [6.07, 6.45) is -1.40. The van der Waals surface area contributed by atoms with Gasteiger partial charge in [0.25, 0.3) is 5.91 Å². The van der Waals surface area contributed by atoms with Gasteiger partial charge in [0, 0.05) is 21.2 Å². The SMILES string of the molecule is Cc1ccccc1C(=O)CN1C(=O)C(NC(=O)Nc2ccc(Br)cc2F)N=C(c2ccccc2)c2ccccc21. The lowest BCUT2D eigenvalue weighted by molar-refractivity contribution is -0.120. The summed E-state index contributed by atoms with van der Waals surface area (Å²) in [7, 11) is 0. The van der Waals surface area contributed by atoms with Crippen LogP contribution in [0.3, 0.4) is 0 Å². The van der Waals surface area contributed by atoms with E-state index in [2.05, 4.69) is 31.6 Å². The summed E-state index contributed by atoms with van der Waals surface area (Å²) < 4.78 is 14.9. The van der Waals surface area contributed by atoms with Crippen molar-refractivity contribution in [2.75, 3.05) is 16.8 Å². The minimum Gasteiger partial charge on any atom is -0.308 e. The maximum atomic E-state index is 14.4. The van der Waals surface area contributed by atoms with Crippen molar-refractivity contribution in [1.82, 2.24) is 5.32 Å². The van der Waals surface area contributed by atoms with Crippen molar-refractivity contribution in [1.29, 1.82) is 0 Å². The van der Waals surface area contributed by atoms with Gasteiger partial charge in [-0.05, 0) is 36.8 Å². The van der Waals surface area contributed by atoms with Crippen LogP contribution in [0.4, 0.5) is 20.6 Å². The molecule has 5 rings (SSSR count). The van der Waals surface area contributed by atoms with Crippen LogP contribution in [0.2, 0.25) is 0 Å². The zero-order chi connectivity index (χ0) is 28.2. The molecule has 0 aromatic heterocycles. The van der Waals surface area contributed by atoms with E-state index in [-0.39, 0.29) is 18.0 Å². The van der Waals surface area contributed by atoms with Crippen LogP contribution in [0.5, 0.6) is 0 Å². The number of anilines is 2. The van der Waals surface area contributed by atoms with E-state index < -0.39 is 23.9 Å². The van der Waals surface area contributed by atoms with E-state index in [9.17, 15) is 18.8 Å². The Balaban J connectivity index is 1.54. The van der Waals surface area contributed by atoms with Gasteiger partial charge in [-0.2, -0.15) is 0 Å². The normalized spacial score (nSPS) is 14.6. The Bertz CT molecular complexity index is 1640. The summed E-state index contributed by atoms with van der Waals surface area (Å²) in [5.74, 6) is -1.51. The number of ketones is 1. The number of aryl methyl sites for hydroxylation is 1. The first-order chi connectivity index (χ1) is 19.3. The first kappa shape index (κ1) is 27.0. The highest BCUT2D eigenvalue weighted by Crippen LogP contribution is 2.29. The first-order valence-corrected chi connectivity index (χ1v) is 13.3. The van der Waals surface area contributed by atoms with Gasteiger partial charge in [-0.15, -0.1) is 0 Å². The number of benzodiazepines with no additional fused rings is 1. The number of para-hydroxylation sites is 1. The van der Waals surface area contributed by atoms with Gasteiger partial charge >= 0.3 is 6.03 Å². The topological polar surface area (TPSA) is 90.9 Å². The molecule has 0 aliphatic carbocycles. The van der Waals surface area contributed by atoms with Crippen LogP contribution in [-0.2, 0) is 4.79 Å². The molecular formula is C31H24BrFN4O3. The fourth-order valence-electron chi connectivity index (χ4n) is 4.50. The van der Waals surface area contributed by atoms with Crippen LogP contribution in [0, 0.1) is 12.7 Å². The van der Waals surface area contributed by atoms with E-state index in [4.69, 9.17) is 0 Å². The lowest BCUT2D eigenvalue weighted by Crippen LogP contribution is -2.50. The number of Topliss-reactive ketones (excluding diaryl/α,β-unsaturated/α-hetero) is 1. The average molecular weight is 599 g/mol. The molecule has 3 amide bonds. The van der Waals surface area contributed by atoms with Crippen molar-refractivity contribution in [3.05, 3.63) is 130 Å². The summed E-state index contributed by atoms with van der Waals surface area (Å²) in [6, 6.07) is 26.9.